The Morgan fingerprint density at radius 2 is 2.10 bits per heavy atom. The van der Waals surface area contributed by atoms with Crippen LogP contribution in [0.3, 0.4) is 0 Å². The highest BCUT2D eigenvalue weighted by molar-refractivity contribution is 5.76. The Morgan fingerprint density at radius 1 is 1.35 bits per heavy atom. The molecule has 110 valence electrons. The van der Waals surface area contributed by atoms with Crippen LogP contribution < -0.4 is 10.2 Å². The van der Waals surface area contributed by atoms with E-state index < -0.39 is 0 Å². The van der Waals surface area contributed by atoms with E-state index in [-0.39, 0.29) is 18.8 Å². The zero-order valence-electron chi connectivity index (χ0n) is 12.0. The second-order valence-corrected chi connectivity index (χ2v) is 4.95. The molecule has 0 aliphatic carbocycles. The van der Waals surface area contributed by atoms with Gasteiger partial charge in [0.1, 0.15) is 5.75 Å². The van der Waals surface area contributed by atoms with Crippen molar-refractivity contribution in [2.45, 2.75) is 39.4 Å². The number of amides is 1. The maximum Gasteiger partial charge on any atom is 0.281 e. The van der Waals surface area contributed by atoms with Crippen LogP contribution in [-0.2, 0) is 14.4 Å². The molecule has 1 aliphatic rings. The molecule has 0 bridgehead atoms. The molecule has 1 aromatic carbocycles. The van der Waals surface area contributed by atoms with Crippen molar-refractivity contribution in [3.63, 3.8) is 0 Å². The van der Waals surface area contributed by atoms with Crippen molar-refractivity contribution in [1.29, 1.82) is 0 Å². The van der Waals surface area contributed by atoms with Crippen molar-refractivity contribution in [2.24, 2.45) is 0 Å². The summed E-state index contributed by atoms with van der Waals surface area (Å²) in [6, 6.07) is 5.86. The number of carbonyl (C=O) groups is 1. The molecule has 5 nitrogen and oxygen atoms in total. The van der Waals surface area contributed by atoms with Gasteiger partial charge in [0, 0.05) is 13.0 Å². The number of benzene rings is 1. The van der Waals surface area contributed by atoms with Crippen LogP contribution in [0.5, 0.6) is 5.75 Å². The van der Waals surface area contributed by atoms with Crippen molar-refractivity contribution in [2.75, 3.05) is 13.2 Å². The van der Waals surface area contributed by atoms with Gasteiger partial charge >= 0.3 is 0 Å². The zero-order chi connectivity index (χ0) is 14.4. The molecule has 1 heterocycles. The molecule has 1 fully saturated rings. The van der Waals surface area contributed by atoms with Crippen molar-refractivity contribution in [3.05, 3.63) is 29.3 Å². The number of para-hydroxylation sites is 1. The van der Waals surface area contributed by atoms with Crippen molar-refractivity contribution < 1.29 is 19.1 Å². The van der Waals surface area contributed by atoms with E-state index in [0.29, 0.717) is 6.61 Å². The Kier molecular flexibility index (Phi) is 5.38. The summed E-state index contributed by atoms with van der Waals surface area (Å²) in [5, 5.41) is 0. The van der Waals surface area contributed by atoms with E-state index in [1.54, 1.807) is 0 Å². The van der Waals surface area contributed by atoms with Crippen LogP contribution in [0.1, 0.15) is 30.4 Å². The summed E-state index contributed by atoms with van der Waals surface area (Å²) < 4.78 is 10.9. The van der Waals surface area contributed by atoms with Gasteiger partial charge in [0.15, 0.2) is 12.9 Å². The number of nitrogens with one attached hydrogen (secondary N) is 1. The molecule has 0 saturated carbocycles. The van der Waals surface area contributed by atoms with Crippen LogP contribution in [0.2, 0.25) is 0 Å². The largest absolute Gasteiger partial charge is 0.483 e. The molecule has 20 heavy (non-hydrogen) atoms. The third kappa shape index (κ3) is 4.21. The van der Waals surface area contributed by atoms with E-state index in [1.807, 2.05) is 32.0 Å². The van der Waals surface area contributed by atoms with Gasteiger partial charge in [-0.25, -0.2) is 10.3 Å². The van der Waals surface area contributed by atoms with Crippen molar-refractivity contribution in [3.8, 4) is 5.75 Å². The van der Waals surface area contributed by atoms with Crippen LogP contribution >= 0.6 is 0 Å². The standard InChI is InChI=1S/C15H21NO4/c1-11-6-5-7-12(2)15(11)19-10-13(17)16-20-14-8-3-4-9-18-14/h5-7,14H,3-4,8-10H2,1-2H3,(H,16,17). The number of hydroxylamine groups is 1. The molecule has 1 unspecified atom stereocenters. The summed E-state index contributed by atoms with van der Waals surface area (Å²) in [5.74, 6) is 0.429. The quantitative estimate of drug-likeness (QED) is 0.840. The van der Waals surface area contributed by atoms with Crippen molar-refractivity contribution in [1.82, 2.24) is 5.48 Å². The maximum atomic E-state index is 11.7. The number of hydrogen-bond donors (Lipinski definition) is 1. The molecule has 0 aromatic heterocycles. The predicted molar refractivity (Wildman–Crippen MR) is 74.2 cm³/mol. The summed E-state index contributed by atoms with van der Waals surface area (Å²) >= 11 is 0. The van der Waals surface area contributed by atoms with Crippen molar-refractivity contribution >= 4 is 5.91 Å². The summed E-state index contributed by atoms with van der Waals surface area (Å²) in [5.41, 5.74) is 4.39. The van der Waals surface area contributed by atoms with Crippen LogP contribution in [0.25, 0.3) is 0 Å². The Balaban J connectivity index is 1.74. The third-order valence-corrected chi connectivity index (χ3v) is 3.20. The highest BCUT2D eigenvalue weighted by Crippen LogP contribution is 2.22. The number of aryl methyl sites for hydroxylation is 2. The minimum absolute atomic E-state index is 0.0710. The van der Waals surface area contributed by atoms with Gasteiger partial charge in [-0.2, -0.15) is 0 Å². The van der Waals surface area contributed by atoms with E-state index in [9.17, 15) is 4.79 Å². The maximum absolute atomic E-state index is 11.7. The fraction of sp³-hybridized carbons (Fsp3) is 0.533. The minimum atomic E-state index is -0.340. The first-order valence-corrected chi connectivity index (χ1v) is 6.92. The van der Waals surface area contributed by atoms with Gasteiger partial charge in [0.25, 0.3) is 5.91 Å². The Morgan fingerprint density at radius 3 is 2.75 bits per heavy atom. The average Bonchev–Trinajstić information content (AvgIpc) is 2.46. The first kappa shape index (κ1) is 14.8. The molecular weight excluding hydrogens is 258 g/mol. The summed E-state index contributed by atoms with van der Waals surface area (Å²) in [4.78, 5) is 16.9. The van der Waals surface area contributed by atoms with Gasteiger partial charge in [0.2, 0.25) is 0 Å². The van der Waals surface area contributed by atoms with Crippen LogP contribution in [0, 0.1) is 13.8 Å². The number of hydrogen-bond acceptors (Lipinski definition) is 4. The lowest BCUT2D eigenvalue weighted by Gasteiger charge is -2.22. The van der Waals surface area contributed by atoms with Gasteiger partial charge in [-0.3, -0.25) is 4.79 Å². The highest BCUT2D eigenvalue weighted by Gasteiger charge is 2.16. The highest BCUT2D eigenvalue weighted by atomic mass is 16.8. The smallest absolute Gasteiger partial charge is 0.281 e. The first-order chi connectivity index (χ1) is 9.66. The Bertz CT molecular complexity index is 435. The molecule has 0 spiro atoms. The molecular formula is C15H21NO4. The fourth-order valence-corrected chi connectivity index (χ4v) is 2.13. The SMILES string of the molecule is Cc1cccc(C)c1OCC(=O)NOC1CCCCO1. The normalized spacial score (nSPS) is 18.6. The predicted octanol–water partition coefficient (Wildman–Crippen LogP) is 2.26. The van der Waals surface area contributed by atoms with Gasteiger partial charge in [-0.05, 0) is 37.8 Å². The lowest BCUT2D eigenvalue weighted by atomic mass is 10.1. The van der Waals surface area contributed by atoms with Gasteiger partial charge < -0.3 is 9.47 Å². The molecule has 5 heteroatoms. The fourth-order valence-electron chi connectivity index (χ4n) is 2.13. The van der Waals surface area contributed by atoms with Crippen LogP contribution in [0.15, 0.2) is 18.2 Å². The van der Waals surface area contributed by atoms with E-state index >= 15 is 0 Å². The van der Waals surface area contributed by atoms with E-state index in [2.05, 4.69) is 5.48 Å². The van der Waals surface area contributed by atoms with Gasteiger partial charge in [0.05, 0.1) is 0 Å². The molecule has 0 radical (unpaired) electrons. The second-order valence-electron chi connectivity index (χ2n) is 4.95. The number of ether oxygens (including phenoxy) is 2. The lowest BCUT2D eigenvalue weighted by molar-refractivity contribution is -0.201. The van der Waals surface area contributed by atoms with E-state index in [1.165, 1.54) is 0 Å². The van der Waals surface area contributed by atoms with Crippen LogP contribution in [-0.4, -0.2) is 25.4 Å². The zero-order valence-corrected chi connectivity index (χ0v) is 12.0. The average molecular weight is 279 g/mol. The summed E-state index contributed by atoms with van der Waals surface area (Å²) in [6.45, 7) is 4.51. The summed E-state index contributed by atoms with van der Waals surface area (Å²) in [6.07, 6.45) is 2.56. The lowest BCUT2D eigenvalue weighted by Crippen LogP contribution is -2.35. The van der Waals surface area contributed by atoms with Gasteiger partial charge in [-0.1, -0.05) is 18.2 Å². The first-order valence-electron chi connectivity index (χ1n) is 6.92. The number of rotatable bonds is 5. The molecule has 2 rings (SSSR count). The minimum Gasteiger partial charge on any atom is -0.483 e. The molecule has 1 amide bonds. The molecule has 1 saturated heterocycles. The van der Waals surface area contributed by atoms with E-state index in [0.717, 1.165) is 36.1 Å². The molecule has 1 N–H and O–H groups in total. The summed E-state index contributed by atoms with van der Waals surface area (Å²) in [7, 11) is 0. The molecule has 1 aromatic rings. The third-order valence-electron chi connectivity index (χ3n) is 3.20. The second kappa shape index (κ2) is 7.26. The molecule has 1 atom stereocenters. The van der Waals surface area contributed by atoms with Gasteiger partial charge in [-0.15, -0.1) is 0 Å². The molecule has 1 aliphatic heterocycles. The monoisotopic (exact) mass is 279 g/mol. The van der Waals surface area contributed by atoms with Crippen LogP contribution in [0.4, 0.5) is 0 Å². The Labute approximate surface area is 119 Å². The number of carbonyl (C=O) groups excluding carboxylic acids is 1. The Hall–Kier alpha value is -1.59. The van der Waals surface area contributed by atoms with E-state index in [4.69, 9.17) is 14.3 Å². The topological polar surface area (TPSA) is 56.8 Å².